The monoisotopic (exact) mass is 534 g/mol. The molecular weight excluding hydrogens is 504 g/mol. The molecule has 1 N–H and O–H groups in total. The lowest BCUT2D eigenvalue weighted by Gasteiger charge is -2.31. The molecular formula is C26H32BrClN2O3. The summed E-state index contributed by atoms with van der Waals surface area (Å²) in [5, 5.41) is 3.70. The summed E-state index contributed by atoms with van der Waals surface area (Å²) in [7, 11) is 0. The SMILES string of the molecule is Cc1cc(OCC(=O)N(Cc2ccccc2Cl)[C@@H](C)C(=O)NC2CCCCC2)cc(C)c1Br. The highest BCUT2D eigenvalue weighted by Gasteiger charge is 2.29. The van der Waals surface area contributed by atoms with E-state index in [1.54, 1.807) is 17.9 Å². The molecule has 0 heterocycles. The van der Waals surface area contributed by atoms with Crippen LogP contribution >= 0.6 is 27.5 Å². The summed E-state index contributed by atoms with van der Waals surface area (Å²) in [5.41, 5.74) is 2.86. The van der Waals surface area contributed by atoms with Crippen molar-refractivity contribution in [3.63, 3.8) is 0 Å². The van der Waals surface area contributed by atoms with Crippen molar-refractivity contribution in [3.8, 4) is 5.75 Å². The second-order valence-electron chi connectivity index (χ2n) is 8.79. The second kappa shape index (κ2) is 11.9. The fourth-order valence-corrected chi connectivity index (χ4v) is 4.60. The van der Waals surface area contributed by atoms with Crippen molar-refractivity contribution in [3.05, 3.63) is 62.6 Å². The molecule has 33 heavy (non-hydrogen) atoms. The van der Waals surface area contributed by atoms with Gasteiger partial charge in [-0.1, -0.05) is 65.0 Å². The van der Waals surface area contributed by atoms with Gasteiger partial charge in [-0.2, -0.15) is 0 Å². The van der Waals surface area contributed by atoms with Crippen molar-refractivity contribution in [2.75, 3.05) is 6.61 Å². The van der Waals surface area contributed by atoms with E-state index < -0.39 is 6.04 Å². The maximum atomic E-state index is 13.3. The van der Waals surface area contributed by atoms with Crippen LogP contribution in [0.25, 0.3) is 0 Å². The van der Waals surface area contributed by atoms with Crippen LogP contribution in [0, 0.1) is 13.8 Å². The molecule has 0 bridgehead atoms. The lowest BCUT2D eigenvalue weighted by atomic mass is 9.95. The number of aryl methyl sites for hydroxylation is 2. The maximum absolute atomic E-state index is 13.3. The predicted molar refractivity (Wildman–Crippen MR) is 136 cm³/mol. The third-order valence-electron chi connectivity index (χ3n) is 6.19. The van der Waals surface area contributed by atoms with Gasteiger partial charge < -0.3 is 15.0 Å². The molecule has 2 amide bonds. The molecule has 7 heteroatoms. The van der Waals surface area contributed by atoms with Crippen molar-refractivity contribution in [1.29, 1.82) is 0 Å². The van der Waals surface area contributed by atoms with Crippen LogP contribution in [0.15, 0.2) is 40.9 Å². The topological polar surface area (TPSA) is 58.6 Å². The van der Waals surface area contributed by atoms with Gasteiger partial charge in [-0.05, 0) is 68.5 Å². The van der Waals surface area contributed by atoms with Crippen molar-refractivity contribution < 1.29 is 14.3 Å². The van der Waals surface area contributed by atoms with Gasteiger partial charge in [-0.3, -0.25) is 9.59 Å². The average Bonchev–Trinajstić information content (AvgIpc) is 2.80. The second-order valence-corrected chi connectivity index (χ2v) is 9.99. The summed E-state index contributed by atoms with van der Waals surface area (Å²) >= 11 is 9.91. The standard InChI is InChI=1S/C26H32BrClN2O3/c1-17-13-22(14-18(2)25(17)27)33-16-24(31)30(15-20-9-7-8-12-23(20)28)19(3)26(32)29-21-10-5-4-6-11-21/h7-9,12-14,19,21H,4-6,10-11,15-16H2,1-3H3,(H,29,32)/t19-/m0/s1. The van der Waals surface area contributed by atoms with E-state index in [2.05, 4.69) is 21.2 Å². The molecule has 3 rings (SSSR count). The van der Waals surface area contributed by atoms with Crippen molar-refractivity contribution in [2.45, 2.75) is 71.5 Å². The maximum Gasteiger partial charge on any atom is 0.261 e. The fraction of sp³-hybridized carbons (Fsp3) is 0.462. The molecule has 1 atom stereocenters. The van der Waals surface area contributed by atoms with Crippen LogP contribution < -0.4 is 10.1 Å². The van der Waals surface area contributed by atoms with E-state index in [4.69, 9.17) is 16.3 Å². The molecule has 1 saturated carbocycles. The minimum absolute atomic E-state index is 0.141. The third kappa shape index (κ3) is 6.97. The van der Waals surface area contributed by atoms with E-state index in [1.807, 2.05) is 44.2 Å². The first-order valence-electron chi connectivity index (χ1n) is 11.5. The number of hydrogen-bond donors (Lipinski definition) is 1. The minimum atomic E-state index is -0.646. The predicted octanol–water partition coefficient (Wildman–Crippen LogP) is 5.96. The molecule has 2 aromatic carbocycles. The van der Waals surface area contributed by atoms with Crippen LogP contribution in [0.3, 0.4) is 0 Å². The fourth-order valence-electron chi connectivity index (χ4n) is 4.18. The molecule has 178 valence electrons. The van der Waals surface area contributed by atoms with E-state index in [0.717, 1.165) is 46.8 Å². The van der Waals surface area contributed by atoms with Crippen LogP contribution in [-0.4, -0.2) is 35.4 Å². The number of carbonyl (C=O) groups is 2. The zero-order valence-electron chi connectivity index (χ0n) is 19.5. The Bertz CT molecular complexity index is 968. The number of halogens is 2. The number of benzene rings is 2. The number of amides is 2. The summed E-state index contributed by atoms with van der Waals surface area (Å²) in [6, 6.07) is 10.7. The number of ether oxygens (including phenoxy) is 1. The third-order valence-corrected chi connectivity index (χ3v) is 7.81. The largest absolute Gasteiger partial charge is 0.484 e. The van der Waals surface area contributed by atoms with E-state index in [-0.39, 0.29) is 31.0 Å². The van der Waals surface area contributed by atoms with Gasteiger partial charge in [-0.25, -0.2) is 0 Å². The van der Waals surface area contributed by atoms with E-state index >= 15 is 0 Å². The summed E-state index contributed by atoms with van der Waals surface area (Å²) in [4.78, 5) is 27.9. The lowest BCUT2D eigenvalue weighted by Crippen LogP contribution is -2.51. The van der Waals surface area contributed by atoms with Crippen LogP contribution in [0.1, 0.15) is 55.7 Å². The highest BCUT2D eigenvalue weighted by atomic mass is 79.9. The smallest absolute Gasteiger partial charge is 0.261 e. The molecule has 2 aromatic rings. The first-order valence-corrected chi connectivity index (χ1v) is 12.7. The summed E-state index contributed by atoms with van der Waals surface area (Å²) < 4.78 is 6.86. The van der Waals surface area contributed by atoms with Crippen molar-refractivity contribution in [1.82, 2.24) is 10.2 Å². The summed E-state index contributed by atoms with van der Waals surface area (Å²) in [6.07, 6.45) is 5.44. The highest BCUT2D eigenvalue weighted by Crippen LogP contribution is 2.26. The zero-order chi connectivity index (χ0) is 24.0. The van der Waals surface area contributed by atoms with Gasteiger partial charge in [0.05, 0.1) is 0 Å². The summed E-state index contributed by atoms with van der Waals surface area (Å²) in [6.45, 7) is 5.80. The number of carbonyl (C=O) groups excluding carboxylic acids is 2. The van der Waals surface area contributed by atoms with E-state index in [1.165, 1.54) is 6.42 Å². The van der Waals surface area contributed by atoms with Gasteiger partial charge in [0.15, 0.2) is 6.61 Å². The molecule has 0 radical (unpaired) electrons. The Hall–Kier alpha value is -2.05. The van der Waals surface area contributed by atoms with Gasteiger partial charge in [-0.15, -0.1) is 0 Å². The molecule has 0 unspecified atom stereocenters. The molecule has 1 aliphatic carbocycles. The number of nitrogens with zero attached hydrogens (tertiary/aromatic N) is 1. The van der Waals surface area contributed by atoms with Gasteiger partial charge >= 0.3 is 0 Å². The number of rotatable bonds is 8. The van der Waals surface area contributed by atoms with Crippen LogP contribution in [0.4, 0.5) is 0 Å². The molecule has 0 aromatic heterocycles. The number of hydrogen-bond acceptors (Lipinski definition) is 3. The molecule has 5 nitrogen and oxygen atoms in total. The Morgan fingerprint density at radius 1 is 1.15 bits per heavy atom. The van der Waals surface area contributed by atoms with Gasteiger partial charge in [0.1, 0.15) is 11.8 Å². The zero-order valence-corrected chi connectivity index (χ0v) is 21.8. The van der Waals surface area contributed by atoms with E-state index in [9.17, 15) is 9.59 Å². The molecule has 0 aliphatic heterocycles. The quantitative estimate of drug-likeness (QED) is 0.453. The molecule has 0 spiro atoms. The van der Waals surface area contributed by atoms with Crippen LogP contribution in [-0.2, 0) is 16.1 Å². The van der Waals surface area contributed by atoms with Crippen LogP contribution in [0.2, 0.25) is 5.02 Å². The minimum Gasteiger partial charge on any atom is -0.484 e. The van der Waals surface area contributed by atoms with Crippen molar-refractivity contribution >= 4 is 39.3 Å². The molecule has 0 saturated heterocycles. The van der Waals surface area contributed by atoms with Crippen molar-refractivity contribution in [2.24, 2.45) is 0 Å². The first-order chi connectivity index (χ1) is 15.8. The lowest BCUT2D eigenvalue weighted by molar-refractivity contribution is -0.142. The molecule has 1 aliphatic rings. The highest BCUT2D eigenvalue weighted by molar-refractivity contribution is 9.10. The average molecular weight is 536 g/mol. The Morgan fingerprint density at radius 2 is 1.79 bits per heavy atom. The van der Waals surface area contributed by atoms with Crippen LogP contribution in [0.5, 0.6) is 5.75 Å². The van der Waals surface area contributed by atoms with Gasteiger partial charge in [0, 0.05) is 22.1 Å². The summed E-state index contributed by atoms with van der Waals surface area (Å²) in [5.74, 6) is 0.218. The van der Waals surface area contributed by atoms with Gasteiger partial charge in [0.25, 0.3) is 5.91 Å². The Kier molecular flexibility index (Phi) is 9.21. The molecule has 1 fully saturated rings. The Labute approximate surface area is 210 Å². The number of nitrogens with one attached hydrogen (secondary N) is 1. The Balaban J connectivity index is 1.74. The first kappa shape index (κ1) is 25.6. The van der Waals surface area contributed by atoms with Gasteiger partial charge in [0.2, 0.25) is 5.91 Å². The Morgan fingerprint density at radius 3 is 2.42 bits per heavy atom. The van der Waals surface area contributed by atoms with E-state index in [0.29, 0.717) is 10.8 Å². The normalized spacial score (nSPS) is 15.1.